The van der Waals surface area contributed by atoms with Crippen molar-refractivity contribution < 1.29 is 14.0 Å². The number of furan rings is 1. The highest BCUT2D eigenvalue weighted by atomic mass is 79.9. The highest BCUT2D eigenvalue weighted by Gasteiger charge is 2.22. The maximum atomic E-state index is 13.4. The molecule has 2 aromatic heterocycles. The Morgan fingerprint density at radius 3 is 2.35 bits per heavy atom. The number of halogens is 1. The van der Waals surface area contributed by atoms with Crippen LogP contribution in [-0.2, 0) is 11.3 Å². The molecule has 0 aliphatic rings. The number of hydrogen-bond donors (Lipinski definition) is 1. The minimum Gasteiger partial charge on any atom is -0.467 e. The van der Waals surface area contributed by atoms with Crippen LogP contribution in [-0.4, -0.2) is 33.0 Å². The summed E-state index contributed by atoms with van der Waals surface area (Å²) in [5, 5.41) is 7.69. The number of para-hydroxylation sites is 1. The van der Waals surface area contributed by atoms with Crippen LogP contribution in [0.5, 0.6) is 0 Å². The Morgan fingerprint density at radius 1 is 0.892 bits per heavy atom. The summed E-state index contributed by atoms with van der Waals surface area (Å²) in [6.45, 7) is -0.0222. The zero-order chi connectivity index (χ0) is 25.6. The van der Waals surface area contributed by atoms with Gasteiger partial charge in [0.1, 0.15) is 18.1 Å². The van der Waals surface area contributed by atoms with Crippen LogP contribution < -0.4 is 5.32 Å². The van der Waals surface area contributed by atoms with Gasteiger partial charge in [0, 0.05) is 21.7 Å². The number of nitrogens with one attached hydrogen (secondary N) is 1. The highest BCUT2D eigenvalue weighted by Crippen LogP contribution is 2.25. The van der Waals surface area contributed by atoms with E-state index in [4.69, 9.17) is 9.52 Å². The van der Waals surface area contributed by atoms with E-state index in [-0.39, 0.29) is 24.9 Å². The van der Waals surface area contributed by atoms with Crippen molar-refractivity contribution >= 4 is 33.6 Å². The van der Waals surface area contributed by atoms with Crippen molar-refractivity contribution in [2.24, 2.45) is 0 Å². The van der Waals surface area contributed by atoms with Crippen molar-refractivity contribution in [2.45, 2.75) is 6.54 Å². The van der Waals surface area contributed by atoms with Crippen LogP contribution in [0.4, 0.5) is 5.82 Å². The van der Waals surface area contributed by atoms with Gasteiger partial charge in [-0.25, -0.2) is 4.68 Å². The van der Waals surface area contributed by atoms with E-state index in [1.54, 1.807) is 41.3 Å². The molecule has 3 aromatic carbocycles. The van der Waals surface area contributed by atoms with Gasteiger partial charge in [0.2, 0.25) is 5.91 Å². The number of carbonyl (C=O) groups is 2. The van der Waals surface area contributed by atoms with Crippen molar-refractivity contribution in [3.63, 3.8) is 0 Å². The first kappa shape index (κ1) is 24.3. The molecule has 0 atom stereocenters. The molecule has 184 valence electrons. The molecular weight excluding hydrogens is 532 g/mol. The van der Waals surface area contributed by atoms with Crippen LogP contribution in [0.15, 0.2) is 118 Å². The molecule has 0 fully saturated rings. The van der Waals surface area contributed by atoms with Gasteiger partial charge < -0.3 is 14.6 Å². The molecular formula is C29H23BrN4O3. The molecule has 7 nitrogen and oxygen atoms in total. The van der Waals surface area contributed by atoms with Crippen LogP contribution >= 0.6 is 15.9 Å². The standard InChI is InChI=1S/C29H23BrN4O3/c30-23-12-7-11-22(17-23)29(36)33(19-25-15-8-16-37-25)20-28(35)31-27-18-26(21-9-3-1-4-10-21)32-34(27)24-13-5-2-6-14-24/h1-18H,19-20H2,(H,31,35). The predicted molar refractivity (Wildman–Crippen MR) is 145 cm³/mol. The predicted octanol–water partition coefficient (Wildman–Crippen LogP) is 6.18. The SMILES string of the molecule is O=C(CN(Cc1ccco1)C(=O)c1cccc(Br)c1)Nc1cc(-c2ccccc2)nn1-c1ccccc1. The molecule has 0 saturated carbocycles. The Labute approximate surface area is 222 Å². The normalized spacial score (nSPS) is 10.7. The van der Waals surface area contributed by atoms with E-state index >= 15 is 0 Å². The zero-order valence-corrected chi connectivity index (χ0v) is 21.3. The van der Waals surface area contributed by atoms with Gasteiger partial charge in [-0.1, -0.05) is 70.5 Å². The Kier molecular flexibility index (Phi) is 7.28. The van der Waals surface area contributed by atoms with Gasteiger partial charge >= 0.3 is 0 Å². The van der Waals surface area contributed by atoms with Gasteiger partial charge in [-0.2, -0.15) is 5.10 Å². The van der Waals surface area contributed by atoms with Crippen LogP contribution in [0.2, 0.25) is 0 Å². The third kappa shape index (κ3) is 5.87. The van der Waals surface area contributed by atoms with E-state index < -0.39 is 0 Å². The first-order chi connectivity index (χ1) is 18.1. The Hall–Kier alpha value is -4.43. The minimum atomic E-state index is -0.355. The number of benzene rings is 3. The second kappa shape index (κ2) is 11.1. The third-order valence-corrected chi connectivity index (χ3v) is 6.16. The molecule has 0 aliphatic heterocycles. The Balaban J connectivity index is 1.42. The highest BCUT2D eigenvalue weighted by molar-refractivity contribution is 9.10. The quantitative estimate of drug-likeness (QED) is 0.248. The van der Waals surface area contributed by atoms with Gasteiger partial charge in [-0.3, -0.25) is 9.59 Å². The lowest BCUT2D eigenvalue weighted by atomic mass is 10.1. The number of hydrogen-bond acceptors (Lipinski definition) is 4. The number of nitrogens with zero attached hydrogens (tertiary/aromatic N) is 3. The third-order valence-electron chi connectivity index (χ3n) is 5.67. The summed E-state index contributed by atoms with van der Waals surface area (Å²) in [6.07, 6.45) is 1.54. The molecule has 5 rings (SSSR count). The maximum absolute atomic E-state index is 13.4. The average Bonchev–Trinajstić information content (AvgIpc) is 3.59. The smallest absolute Gasteiger partial charge is 0.254 e. The van der Waals surface area contributed by atoms with Crippen LogP contribution in [0, 0.1) is 0 Å². The monoisotopic (exact) mass is 554 g/mol. The van der Waals surface area contributed by atoms with E-state index in [2.05, 4.69) is 21.2 Å². The molecule has 0 radical (unpaired) electrons. The van der Waals surface area contributed by atoms with Crippen LogP contribution in [0.25, 0.3) is 16.9 Å². The molecule has 0 aliphatic carbocycles. The van der Waals surface area contributed by atoms with Gasteiger partial charge in [-0.05, 0) is 42.5 Å². The van der Waals surface area contributed by atoms with E-state index in [1.165, 1.54) is 4.90 Å². The van der Waals surface area contributed by atoms with Crippen molar-refractivity contribution in [3.8, 4) is 16.9 Å². The lowest BCUT2D eigenvalue weighted by Crippen LogP contribution is -2.37. The summed E-state index contributed by atoms with van der Waals surface area (Å²) in [5.74, 6) is 0.445. The molecule has 0 unspecified atom stereocenters. The van der Waals surface area contributed by atoms with Crippen LogP contribution in [0.1, 0.15) is 16.1 Å². The average molecular weight is 555 g/mol. The minimum absolute atomic E-state index is 0.152. The fourth-order valence-electron chi connectivity index (χ4n) is 3.94. The molecule has 37 heavy (non-hydrogen) atoms. The number of aromatic nitrogens is 2. The Morgan fingerprint density at radius 2 is 1.65 bits per heavy atom. The molecule has 0 bridgehead atoms. The van der Waals surface area contributed by atoms with Crippen molar-refractivity contribution in [2.75, 3.05) is 11.9 Å². The van der Waals surface area contributed by atoms with Gasteiger partial charge in [-0.15, -0.1) is 0 Å². The van der Waals surface area contributed by atoms with E-state index in [9.17, 15) is 9.59 Å². The summed E-state index contributed by atoms with van der Waals surface area (Å²) in [6, 6.07) is 31.7. The van der Waals surface area contributed by atoms with Crippen LogP contribution in [0.3, 0.4) is 0 Å². The van der Waals surface area contributed by atoms with E-state index in [0.29, 0.717) is 17.1 Å². The van der Waals surface area contributed by atoms with E-state index in [1.807, 2.05) is 72.8 Å². The zero-order valence-electron chi connectivity index (χ0n) is 19.8. The molecule has 8 heteroatoms. The van der Waals surface area contributed by atoms with Crippen molar-refractivity contribution in [1.29, 1.82) is 0 Å². The topological polar surface area (TPSA) is 80.4 Å². The molecule has 2 amide bonds. The van der Waals surface area contributed by atoms with Crippen molar-refractivity contribution in [3.05, 3.63) is 125 Å². The summed E-state index contributed by atoms with van der Waals surface area (Å²) < 4.78 is 7.92. The number of amides is 2. The number of carbonyl (C=O) groups excluding carboxylic acids is 2. The fraction of sp³-hybridized carbons (Fsp3) is 0.0690. The first-order valence-electron chi connectivity index (χ1n) is 11.6. The summed E-state index contributed by atoms with van der Waals surface area (Å²) in [7, 11) is 0. The second-order valence-electron chi connectivity index (χ2n) is 8.33. The first-order valence-corrected chi connectivity index (χ1v) is 12.4. The summed E-state index contributed by atoms with van der Waals surface area (Å²) in [5.41, 5.74) is 2.92. The summed E-state index contributed by atoms with van der Waals surface area (Å²) >= 11 is 3.41. The summed E-state index contributed by atoms with van der Waals surface area (Å²) in [4.78, 5) is 28.1. The largest absolute Gasteiger partial charge is 0.467 e. The lowest BCUT2D eigenvalue weighted by Gasteiger charge is -2.21. The molecule has 5 aromatic rings. The van der Waals surface area contributed by atoms with Crippen molar-refractivity contribution in [1.82, 2.24) is 14.7 Å². The van der Waals surface area contributed by atoms with Gasteiger partial charge in [0.05, 0.1) is 24.2 Å². The van der Waals surface area contributed by atoms with Gasteiger partial charge in [0.15, 0.2) is 0 Å². The number of rotatable bonds is 8. The Bertz CT molecular complexity index is 1500. The lowest BCUT2D eigenvalue weighted by molar-refractivity contribution is -0.117. The number of anilines is 1. The van der Waals surface area contributed by atoms with Gasteiger partial charge in [0.25, 0.3) is 5.91 Å². The molecule has 0 spiro atoms. The maximum Gasteiger partial charge on any atom is 0.254 e. The molecule has 2 heterocycles. The molecule has 0 saturated heterocycles. The van der Waals surface area contributed by atoms with E-state index in [0.717, 1.165) is 21.4 Å². The second-order valence-corrected chi connectivity index (χ2v) is 9.24. The fourth-order valence-corrected chi connectivity index (χ4v) is 4.34. The molecule has 1 N–H and O–H groups in total.